The van der Waals surface area contributed by atoms with Gasteiger partial charge in [0.25, 0.3) is 5.91 Å². The molecule has 0 unspecified atom stereocenters. The average molecular weight is 336 g/mol. The Labute approximate surface area is 136 Å². The summed E-state index contributed by atoms with van der Waals surface area (Å²) < 4.78 is 38.1. The van der Waals surface area contributed by atoms with Crippen LogP contribution in [0.1, 0.15) is 28.8 Å². The maximum atomic E-state index is 12.7. The van der Waals surface area contributed by atoms with Gasteiger partial charge in [-0.2, -0.15) is 13.2 Å². The lowest BCUT2D eigenvalue weighted by molar-refractivity contribution is -0.137. The van der Waals surface area contributed by atoms with Crippen LogP contribution in [0.4, 0.5) is 24.8 Å². The average Bonchev–Trinajstić information content (AvgIpc) is 3.09. The number of hydrogen-bond acceptors (Lipinski definition) is 4. The molecule has 1 aromatic carbocycles. The highest BCUT2D eigenvalue weighted by Crippen LogP contribution is 2.29. The third-order valence-corrected chi connectivity index (χ3v) is 3.74. The van der Waals surface area contributed by atoms with Gasteiger partial charge in [-0.3, -0.25) is 4.79 Å². The normalized spacial score (nSPS) is 14.7. The molecule has 1 aliphatic heterocycles. The van der Waals surface area contributed by atoms with E-state index >= 15 is 0 Å². The molecule has 2 heterocycles. The lowest BCUT2D eigenvalue weighted by atomic mass is 10.1. The van der Waals surface area contributed by atoms with Crippen molar-refractivity contribution < 1.29 is 18.0 Å². The van der Waals surface area contributed by atoms with E-state index in [1.807, 2.05) is 4.90 Å². The fraction of sp³-hybridized carbons (Fsp3) is 0.312. The Kier molecular flexibility index (Phi) is 4.37. The smallest absolute Gasteiger partial charge is 0.341 e. The summed E-state index contributed by atoms with van der Waals surface area (Å²) in [7, 11) is 0. The van der Waals surface area contributed by atoms with Crippen LogP contribution >= 0.6 is 0 Å². The van der Waals surface area contributed by atoms with Crippen LogP contribution in [0.25, 0.3) is 0 Å². The molecule has 3 rings (SSSR count). The first-order chi connectivity index (χ1) is 11.4. The molecule has 24 heavy (non-hydrogen) atoms. The number of anilines is 2. The minimum atomic E-state index is -4.49. The van der Waals surface area contributed by atoms with Gasteiger partial charge in [0.05, 0.1) is 23.6 Å². The van der Waals surface area contributed by atoms with Crippen LogP contribution in [0.5, 0.6) is 0 Å². The number of nitrogens with zero attached hydrogens (tertiary/aromatic N) is 3. The van der Waals surface area contributed by atoms with Crippen molar-refractivity contribution in [2.45, 2.75) is 19.0 Å². The van der Waals surface area contributed by atoms with Gasteiger partial charge < -0.3 is 10.2 Å². The number of carbonyl (C=O) groups is 1. The number of nitrogens with one attached hydrogen (secondary N) is 1. The van der Waals surface area contributed by atoms with Crippen LogP contribution < -0.4 is 10.2 Å². The van der Waals surface area contributed by atoms with E-state index < -0.39 is 17.6 Å². The van der Waals surface area contributed by atoms with Gasteiger partial charge in [0, 0.05) is 18.7 Å². The topological polar surface area (TPSA) is 58.1 Å². The van der Waals surface area contributed by atoms with Gasteiger partial charge in [0.2, 0.25) is 5.95 Å². The van der Waals surface area contributed by atoms with E-state index in [1.54, 1.807) is 0 Å². The molecule has 1 saturated heterocycles. The number of hydrogen-bond donors (Lipinski definition) is 1. The van der Waals surface area contributed by atoms with Crippen molar-refractivity contribution in [2.24, 2.45) is 0 Å². The molecule has 0 spiro atoms. The second-order valence-electron chi connectivity index (χ2n) is 5.50. The second kappa shape index (κ2) is 6.46. The second-order valence-corrected chi connectivity index (χ2v) is 5.50. The van der Waals surface area contributed by atoms with E-state index in [-0.39, 0.29) is 5.56 Å². The predicted octanol–water partition coefficient (Wildman–Crippen LogP) is 3.35. The zero-order valence-corrected chi connectivity index (χ0v) is 12.7. The first kappa shape index (κ1) is 16.2. The molecule has 0 aliphatic carbocycles. The molecule has 0 saturated carbocycles. The summed E-state index contributed by atoms with van der Waals surface area (Å²) in [4.78, 5) is 22.5. The Balaban J connectivity index is 1.70. The Morgan fingerprint density at radius 1 is 1.12 bits per heavy atom. The Hall–Kier alpha value is -2.64. The first-order valence-electron chi connectivity index (χ1n) is 7.49. The number of benzene rings is 1. The number of carbonyl (C=O) groups excluding carboxylic acids is 1. The standard InChI is InChI=1S/C16H15F3N4O/c17-16(18,19)12-5-3-4-11(8-12)14(24)22-13-9-20-15(21-10-13)23-6-1-2-7-23/h3-5,8-10H,1-2,6-7H2,(H,22,24). The summed E-state index contributed by atoms with van der Waals surface area (Å²) >= 11 is 0. The predicted molar refractivity (Wildman–Crippen MR) is 82.9 cm³/mol. The van der Waals surface area contributed by atoms with Gasteiger partial charge in [-0.05, 0) is 31.0 Å². The first-order valence-corrected chi connectivity index (χ1v) is 7.49. The van der Waals surface area contributed by atoms with E-state index in [0.717, 1.165) is 38.1 Å². The van der Waals surface area contributed by atoms with E-state index in [2.05, 4.69) is 15.3 Å². The monoisotopic (exact) mass is 336 g/mol. The summed E-state index contributed by atoms with van der Waals surface area (Å²) in [6.45, 7) is 1.80. The SMILES string of the molecule is O=C(Nc1cnc(N2CCCC2)nc1)c1cccc(C(F)(F)F)c1. The van der Waals surface area contributed by atoms with Crippen molar-refractivity contribution in [1.82, 2.24) is 9.97 Å². The summed E-state index contributed by atoms with van der Waals surface area (Å²) in [6, 6.07) is 4.26. The number of amides is 1. The zero-order valence-electron chi connectivity index (χ0n) is 12.7. The molecule has 1 fully saturated rings. The van der Waals surface area contributed by atoms with Crippen LogP contribution in [-0.4, -0.2) is 29.0 Å². The van der Waals surface area contributed by atoms with Crippen molar-refractivity contribution in [3.05, 3.63) is 47.8 Å². The molecular formula is C16H15F3N4O. The minimum Gasteiger partial charge on any atom is -0.341 e. The fourth-order valence-electron chi connectivity index (χ4n) is 2.51. The molecule has 1 amide bonds. The molecule has 1 aliphatic rings. The maximum absolute atomic E-state index is 12.7. The van der Waals surface area contributed by atoms with Crippen LogP contribution in [0.2, 0.25) is 0 Å². The van der Waals surface area contributed by atoms with Crippen LogP contribution in [0.15, 0.2) is 36.7 Å². The molecule has 0 bridgehead atoms. The number of halogens is 3. The summed E-state index contributed by atoms with van der Waals surface area (Å²) in [6.07, 6.45) is 0.601. The third-order valence-electron chi connectivity index (χ3n) is 3.74. The van der Waals surface area contributed by atoms with Crippen LogP contribution in [-0.2, 0) is 6.18 Å². The van der Waals surface area contributed by atoms with Gasteiger partial charge in [-0.1, -0.05) is 6.07 Å². The lowest BCUT2D eigenvalue weighted by Gasteiger charge is -2.14. The molecule has 126 valence electrons. The van der Waals surface area contributed by atoms with E-state index in [4.69, 9.17) is 0 Å². The van der Waals surface area contributed by atoms with Crippen molar-refractivity contribution in [1.29, 1.82) is 0 Å². The van der Waals surface area contributed by atoms with Gasteiger partial charge in [-0.25, -0.2) is 9.97 Å². The van der Waals surface area contributed by atoms with Crippen LogP contribution in [0, 0.1) is 0 Å². The zero-order chi connectivity index (χ0) is 17.2. The molecule has 2 aromatic rings. The van der Waals surface area contributed by atoms with Gasteiger partial charge in [0.15, 0.2) is 0 Å². The van der Waals surface area contributed by atoms with Gasteiger partial charge >= 0.3 is 6.18 Å². The minimum absolute atomic E-state index is 0.0755. The Bertz CT molecular complexity index is 725. The molecule has 0 atom stereocenters. The largest absolute Gasteiger partial charge is 0.416 e. The quantitative estimate of drug-likeness (QED) is 0.934. The molecule has 1 N–H and O–H groups in total. The Morgan fingerprint density at radius 3 is 2.42 bits per heavy atom. The van der Waals surface area contributed by atoms with Crippen LogP contribution in [0.3, 0.4) is 0 Å². The molecule has 1 aromatic heterocycles. The molecule has 8 heteroatoms. The summed E-state index contributed by atoms with van der Waals surface area (Å²) in [5.74, 6) is -0.0526. The lowest BCUT2D eigenvalue weighted by Crippen LogP contribution is -2.20. The van der Waals surface area contributed by atoms with Gasteiger partial charge in [0.1, 0.15) is 0 Å². The van der Waals surface area contributed by atoms with Crippen molar-refractivity contribution >= 4 is 17.5 Å². The highest BCUT2D eigenvalue weighted by Gasteiger charge is 2.30. The van der Waals surface area contributed by atoms with Crippen molar-refractivity contribution in [3.63, 3.8) is 0 Å². The highest BCUT2D eigenvalue weighted by molar-refractivity contribution is 6.04. The Morgan fingerprint density at radius 2 is 1.79 bits per heavy atom. The highest BCUT2D eigenvalue weighted by atomic mass is 19.4. The van der Waals surface area contributed by atoms with E-state index in [1.165, 1.54) is 24.5 Å². The number of alkyl halides is 3. The van der Waals surface area contributed by atoms with Crippen molar-refractivity contribution in [3.8, 4) is 0 Å². The molecule has 5 nitrogen and oxygen atoms in total. The number of rotatable bonds is 3. The maximum Gasteiger partial charge on any atom is 0.416 e. The third kappa shape index (κ3) is 3.64. The summed E-state index contributed by atoms with van der Waals surface area (Å²) in [5.41, 5.74) is -0.607. The van der Waals surface area contributed by atoms with E-state index in [9.17, 15) is 18.0 Å². The molecular weight excluding hydrogens is 321 g/mol. The fourth-order valence-corrected chi connectivity index (χ4v) is 2.51. The van der Waals surface area contributed by atoms with Gasteiger partial charge in [-0.15, -0.1) is 0 Å². The molecule has 0 radical (unpaired) electrons. The summed E-state index contributed by atoms with van der Waals surface area (Å²) in [5, 5.41) is 2.50. The number of aromatic nitrogens is 2. The van der Waals surface area contributed by atoms with E-state index in [0.29, 0.717) is 11.6 Å². The van der Waals surface area contributed by atoms with Crippen molar-refractivity contribution in [2.75, 3.05) is 23.3 Å².